The monoisotopic (exact) mass is 290 g/mol. The van der Waals surface area contributed by atoms with Crippen LogP contribution in [-0.2, 0) is 0 Å². The molecular weight excluding hydrogens is 264 g/mol. The molecule has 2 heterocycles. The van der Waals surface area contributed by atoms with Gasteiger partial charge in [-0.1, -0.05) is 13.8 Å². The third-order valence-electron chi connectivity index (χ3n) is 4.38. The highest BCUT2D eigenvalue weighted by Crippen LogP contribution is 2.23. The molecule has 1 aliphatic heterocycles. The van der Waals surface area contributed by atoms with E-state index >= 15 is 0 Å². The molecule has 1 N–H and O–H groups in total. The van der Waals surface area contributed by atoms with E-state index in [-0.39, 0.29) is 11.6 Å². The van der Waals surface area contributed by atoms with Gasteiger partial charge in [0.15, 0.2) is 11.6 Å². The van der Waals surface area contributed by atoms with Crippen LogP contribution in [-0.4, -0.2) is 41.1 Å². The van der Waals surface area contributed by atoms with Gasteiger partial charge < -0.3 is 4.98 Å². The van der Waals surface area contributed by atoms with Gasteiger partial charge in [-0.25, -0.2) is 0 Å². The molecule has 0 bridgehead atoms. The van der Waals surface area contributed by atoms with Crippen molar-refractivity contribution in [3.05, 3.63) is 22.5 Å². The number of nitrogens with one attached hydrogen (secondary N) is 1. The lowest BCUT2D eigenvalue weighted by molar-refractivity contribution is 0.0844. The van der Waals surface area contributed by atoms with E-state index in [0.29, 0.717) is 29.6 Å². The smallest absolute Gasteiger partial charge is 0.193 e. The molecule has 0 radical (unpaired) electrons. The van der Waals surface area contributed by atoms with Crippen molar-refractivity contribution in [1.82, 2.24) is 9.88 Å². The number of hydrogen-bond acceptors (Lipinski definition) is 3. The Morgan fingerprint density at radius 1 is 1.19 bits per heavy atom. The summed E-state index contributed by atoms with van der Waals surface area (Å²) >= 11 is 0. The average molecular weight is 290 g/mol. The van der Waals surface area contributed by atoms with E-state index in [1.54, 1.807) is 6.92 Å². The fourth-order valence-corrected chi connectivity index (χ4v) is 3.76. The molecule has 0 spiro atoms. The number of aromatic nitrogens is 1. The first-order valence-electron chi connectivity index (χ1n) is 7.75. The number of aryl methyl sites for hydroxylation is 1. The van der Waals surface area contributed by atoms with Gasteiger partial charge >= 0.3 is 0 Å². The zero-order valence-electron chi connectivity index (χ0n) is 13.7. The second kappa shape index (κ2) is 6.14. The molecule has 4 heteroatoms. The minimum atomic E-state index is 0.0144. The van der Waals surface area contributed by atoms with E-state index in [9.17, 15) is 9.59 Å². The number of nitrogens with zero attached hydrogens (tertiary/aromatic N) is 1. The lowest BCUT2D eigenvalue weighted by atomic mass is 9.91. The number of aromatic amines is 1. The SMILES string of the molecule is CC(=O)c1c(C)[nH]c(C(=O)CN2CC(C)CC(C)C2)c1C. The molecule has 1 fully saturated rings. The second-order valence-corrected chi connectivity index (χ2v) is 6.74. The van der Waals surface area contributed by atoms with Gasteiger partial charge in [-0.05, 0) is 44.6 Å². The quantitative estimate of drug-likeness (QED) is 0.867. The van der Waals surface area contributed by atoms with Crippen molar-refractivity contribution in [2.75, 3.05) is 19.6 Å². The zero-order valence-corrected chi connectivity index (χ0v) is 13.7. The van der Waals surface area contributed by atoms with E-state index in [2.05, 4.69) is 23.7 Å². The Bertz CT molecular complexity index is 549. The molecule has 1 aromatic rings. The van der Waals surface area contributed by atoms with Crippen LogP contribution in [0.15, 0.2) is 0 Å². The van der Waals surface area contributed by atoms with E-state index in [4.69, 9.17) is 0 Å². The molecular formula is C17H26N2O2. The number of Topliss-reactive ketones (excluding diaryl/α,β-unsaturated/α-hetero) is 2. The number of piperidine rings is 1. The maximum absolute atomic E-state index is 12.6. The van der Waals surface area contributed by atoms with Crippen molar-refractivity contribution in [1.29, 1.82) is 0 Å². The minimum absolute atomic E-state index is 0.0144. The van der Waals surface area contributed by atoms with Crippen molar-refractivity contribution >= 4 is 11.6 Å². The second-order valence-electron chi connectivity index (χ2n) is 6.74. The third kappa shape index (κ3) is 3.43. The molecule has 0 aliphatic carbocycles. The lowest BCUT2D eigenvalue weighted by Crippen LogP contribution is -2.41. The Kier molecular flexibility index (Phi) is 4.67. The maximum atomic E-state index is 12.6. The number of carbonyl (C=O) groups is 2. The van der Waals surface area contributed by atoms with Gasteiger partial charge in [-0.3, -0.25) is 14.5 Å². The topological polar surface area (TPSA) is 53.2 Å². The standard InChI is InChI=1S/C17H26N2O2/c1-10-6-11(2)8-19(7-10)9-15(21)17-12(3)16(14(5)20)13(4)18-17/h10-11,18H,6-9H2,1-5H3. The van der Waals surface area contributed by atoms with Crippen LogP contribution < -0.4 is 0 Å². The van der Waals surface area contributed by atoms with Gasteiger partial charge in [0.25, 0.3) is 0 Å². The molecule has 0 saturated carbocycles. The Morgan fingerprint density at radius 3 is 2.24 bits per heavy atom. The van der Waals surface area contributed by atoms with Crippen molar-refractivity contribution in [3.8, 4) is 0 Å². The van der Waals surface area contributed by atoms with Gasteiger partial charge in [0.2, 0.25) is 0 Å². The van der Waals surface area contributed by atoms with Crippen LogP contribution in [0.25, 0.3) is 0 Å². The Balaban J connectivity index is 2.14. The van der Waals surface area contributed by atoms with Crippen LogP contribution in [0.3, 0.4) is 0 Å². The zero-order chi connectivity index (χ0) is 15.7. The third-order valence-corrected chi connectivity index (χ3v) is 4.38. The molecule has 1 aromatic heterocycles. The minimum Gasteiger partial charge on any atom is -0.355 e. The summed E-state index contributed by atoms with van der Waals surface area (Å²) in [6, 6.07) is 0. The molecule has 1 saturated heterocycles. The van der Waals surface area contributed by atoms with Crippen LogP contribution in [0.4, 0.5) is 0 Å². The summed E-state index contributed by atoms with van der Waals surface area (Å²) in [5.74, 6) is 1.38. The molecule has 0 amide bonds. The Morgan fingerprint density at radius 2 is 1.76 bits per heavy atom. The highest BCUT2D eigenvalue weighted by atomic mass is 16.1. The van der Waals surface area contributed by atoms with Crippen LogP contribution in [0.1, 0.15) is 59.3 Å². The van der Waals surface area contributed by atoms with Crippen molar-refractivity contribution in [2.24, 2.45) is 11.8 Å². The summed E-state index contributed by atoms with van der Waals surface area (Å²) < 4.78 is 0. The number of H-pyrrole nitrogens is 1. The number of likely N-dealkylation sites (tertiary alicyclic amines) is 1. The van der Waals surface area contributed by atoms with Crippen molar-refractivity contribution in [2.45, 2.75) is 41.0 Å². The van der Waals surface area contributed by atoms with Crippen LogP contribution in [0, 0.1) is 25.7 Å². The fourth-order valence-electron chi connectivity index (χ4n) is 3.76. The number of carbonyl (C=O) groups excluding carboxylic acids is 2. The highest BCUT2D eigenvalue weighted by molar-refractivity contribution is 6.03. The van der Waals surface area contributed by atoms with E-state index < -0.39 is 0 Å². The van der Waals surface area contributed by atoms with Gasteiger partial charge in [0.1, 0.15) is 0 Å². The van der Waals surface area contributed by atoms with E-state index in [1.165, 1.54) is 6.42 Å². The summed E-state index contributed by atoms with van der Waals surface area (Å²) in [6.07, 6.45) is 1.24. The molecule has 2 rings (SSSR count). The normalized spacial score (nSPS) is 23.3. The van der Waals surface area contributed by atoms with Gasteiger partial charge in [-0.15, -0.1) is 0 Å². The van der Waals surface area contributed by atoms with Crippen LogP contribution in [0.2, 0.25) is 0 Å². The molecule has 2 atom stereocenters. The van der Waals surface area contributed by atoms with E-state index in [1.807, 2.05) is 13.8 Å². The number of ketones is 2. The maximum Gasteiger partial charge on any atom is 0.193 e. The van der Waals surface area contributed by atoms with Crippen molar-refractivity contribution in [3.63, 3.8) is 0 Å². The van der Waals surface area contributed by atoms with Crippen molar-refractivity contribution < 1.29 is 9.59 Å². The first-order valence-corrected chi connectivity index (χ1v) is 7.75. The van der Waals surface area contributed by atoms with Gasteiger partial charge in [0, 0.05) is 24.3 Å². The number of hydrogen-bond donors (Lipinski definition) is 1. The predicted molar refractivity (Wildman–Crippen MR) is 84.0 cm³/mol. The highest BCUT2D eigenvalue weighted by Gasteiger charge is 2.26. The van der Waals surface area contributed by atoms with Crippen LogP contribution >= 0.6 is 0 Å². The molecule has 2 unspecified atom stereocenters. The molecule has 1 aliphatic rings. The van der Waals surface area contributed by atoms with Gasteiger partial charge in [-0.2, -0.15) is 0 Å². The Labute approximate surface area is 126 Å². The first-order chi connectivity index (χ1) is 9.79. The largest absolute Gasteiger partial charge is 0.355 e. The predicted octanol–water partition coefficient (Wildman–Crippen LogP) is 2.99. The molecule has 116 valence electrons. The average Bonchev–Trinajstić information content (AvgIpc) is 2.63. The summed E-state index contributed by atoms with van der Waals surface area (Å²) in [4.78, 5) is 29.6. The van der Waals surface area contributed by atoms with Crippen LogP contribution in [0.5, 0.6) is 0 Å². The number of rotatable bonds is 4. The molecule has 21 heavy (non-hydrogen) atoms. The summed E-state index contributed by atoms with van der Waals surface area (Å²) in [7, 11) is 0. The summed E-state index contributed by atoms with van der Waals surface area (Å²) in [6.45, 7) is 12.1. The lowest BCUT2D eigenvalue weighted by Gasteiger charge is -2.34. The molecule has 4 nitrogen and oxygen atoms in total. The summed E-state index contributed by atoms with van der Waals surface area (Å²) in [5, 5.41) is 0. The van der Waals surface area contributed by atoms with Gasteiger partial charge in [0.05, 0.1) is 12.2 Å². The van der Waals surface area contributed by atoms with E-state index in [0.717, 1.165) is 24.3 Å². The molecule has 0 aromatic carbocycles. The fraction of sp³-hybridized carbons (Fsp3) is 0.647. The summed E-state index contributed by atoms with van der Waals surface area (Å²) in [5.41, 5.74) is 2.86. The first kappa shape index (κ1) is 16.0. The Hall–Kier alpha value is -1.42.